The van der Waals surface area contributed by atoms with Gasteiger partial charge in [-0.25, -0.2) is 0 Å². The second-order valence-electron chi connectivity index (χ2n) is 5.80. The lowest BCUT2D eigenvalue weighted by atomic mass is 9.81. The van der Waals surface area contributed by atoms with Gasteiger partial charge >= 0.3 is 0 Å². The predicted molar refractivity (Wildman–Crippen MR) is 69.0 cm³/mol. The molecule has 0 aromatic rings. The van der Waals surface area contributed by atoms with Crippen LogP contribution in [0.3, 0.4) is 0 Å². The van der Waals surface area contributed by atoms with Gasteiger partial charge in [0, 0.05) is 0 Å². The van der Waals surface area contributed by atoms with Crippen molar-refractivity contribution in [2.45, 2.75) is 72.6 Å². The van der Waals surface area contributed by atoms with Gasteiger partial charge in [0.15, 0.2) is 0 Å². The Morgan fingerprint density at radius 1 is 0.800 bits per heavy atom. The van der Waals surface area contributed by atoms with E-state index in [1.165, 1.54) is 44.9 Å². The number of rotatable bonds is 6. The van der Waals surface area contributed by atoms with E-state index in [-0.39, 0.29) is 0 Å². The van der Waals surface area contributed by atoms with E-state index >= 15 is 0 Å². The molecule has 4 unspecified atom stereocenters. The number of hydrogen-bond donors (Lipinski definition) is 0. The SMILES string of the molecule is CCCCC1C(C)CC(C)C1CCCC. The van der Waals surface area contributed by atoms with Crippen LogP contribution in [0.2, 0.25) is 0 Å². The lowest BCUT2D eigenvalue weighted by Gasteiger charge is -2.24. The lowest BCUT2D eigenvalue weighted by molar-refractivity contribution is 0.255. The zero-order valence-corrected chi connectivity index (χ0v) is 11.3. The highest BCUT2D eigenvalue weighted by atomic mass is 14.4. The van der Waals surface area contributed by atoms with Crippen LogP contribution in [0, 0.1) is 23.7 Å². The van der Waals surface area contributed by atoms with E-state index in [1.54, 1.807) is 0 Å². The van der Waals surface area contributed by atoms with Gasteiger partial charge in [0.25, 0.3) is 0 Å². The van der Waals surface area contributed by atoms with Crippen LogP contribution < -0.4 is 0 Å². The first kappa shape index (κ1) is 13.1. The summed E-state index contributed by atoms with van der Waals surface area (Å²) in [5.41, 5.74) is 0. The molecule has 15 heavy (non-hydrogen) atoms. The Labute approximate surface area is 96.8 Å². The van der Waals surface area contributed by atoms with Crippen molar-refractivity contribution in [2.75, 3.05) is 0 Å². The summed E-state index contributed by atoms with van der Waals surface area (Å²) in [6, 6.07) is 0. The van der Waals surface area contributed by atoms with Gasteiger partial charge in [-0.1, -0.05) is 53.4 Å². The molecule has 0 aliphatic heterocycles. The van der Waals surface area contributed by atoms with Gasteiger partial charge < -0.3 is 0 Å². The van der Waals surface area contributed by atoms with Crippen molar-refractivity contribution in [3.8, 4) is 0 Å². The van der Waals surface area contributed by atoms with E-state index < -0.39 is 0 Å². The number of unbranched alkanes of at least 4 members (excludes halogenated alkanes) is 2. The molecule has 1 fully saturated rings. The summed E-state index contributed by atoms with van der Waals surface area (Å²) < 4.78 is 0. The Morgan fingerprint density at radius 3 is 1.53 bits per heavy atom. The van der Waals surface area contributed by atoms with Crippen LogP contribution in [0.1, 0.15) is 72.6 Å². The quantitative estimate of drug-likeness (QED) is 0.560. The second-order valence-corrected chi connectivity index (χ2v) is 5.80. The fraction of sp³-hybridized carbons (Fsp3) is 1.00. The minimum Gasteiger partial charge on any atom is -0.0654 e. The van der Waals surface area contributed by atoms with Crippen molar-refractivity contribution >= 4 is 0 Å². The number of hydrogen-bond acceptors (Lipinski definition) is 0. The summed E-state index contributed by atoms with van der Waals surface area (Å²) in [7, 11) is 0. The van der Waals surface area contributed by atoms with Crippen LogP contribution in [-0.4, -0.2) is 0 Å². The van der Waals surface area contributed by atoms with Crippen molar-refractivity contribution in [3.63, 3.8) is 0 Å². The molecule has 0 radical (unpaired) electrons. The molecular formula is C15H30. The molecule has 90 valence electrons. The summed E-state index contributed by atoms with van der Waals surface area (Å²) in [6.45, 7) is 9.62. The molecule has 0 N–H and O–H groups in total. The van der Waals surface area contributed by atoms with E-state index in [2.05, 4.69) is 27.7 Å². The van der Waals surface area contributed by atoms with Crippen LogP contribution in [0.4, 0.5) is 0 Å². The first-order valence-corrected chi connectivity index (χ1v) is 7.20. The van der Waals surface area contributed by atoms with Gasteiger partial charge in [-0.2, -0.15) is 0 Å². The first-order chi connectivity index (χ1) is 7.20. The maximum absolute atomic E-state index is 2.49. The third-order valence-corrected chi connectivity index (χ3v) is 4.54. The molecule has 0 saturated heterocycles. The average Bonchev–Trinajstić information content (AvgIpc) is 2.47. The fourth-order valence-corrected chi connectivity index (χ4v) is 3.66. The van der Waals surface area contributed by atoms with E-state index in [9.17, 15) is 0 Å². The largest absolute Gasteiger partial charge is 0.0654 e. The predicted octanol–water partition coefficient (Wildman–Crippen LogP) is 5.28. The van der Waals surface area contributed by atoms with Crippen LogP contribution in [0.25, 0.3) is 0 Å². The lowest BCUT2D eigenvalue weighted by Crippen LogP contribution is -2.16. The van der Waals surface area contributed by atoms with Crippen LogP contribution in [0.15, 0.2) is 0 Å². The zero-order chi connectivity index (χ0) is 11.3. The summed E-state index contributed by atoms with van der Waals surface area (Å²) in [6.07, 6.45) is 10.1. The van der Waals surface area contributed by atoms with Crippen molar-refractivity contribution in [1.82, 2.24) is 0 Å². The molecule has 1 rings (SSSR count). The van der Waals surface area contributed by atoms with Crippen LogP contribution >= 0.6 is 0 Å². The standard InChI is InChI=1S/C15H30/c1-5-7-9-14-12(3)11-13(4)15(14)10-8-6-2/h12-15H,5-11H2,1-4H3. The van der Waals surface area contributed by atoms with Crippen LogP contribution in [0.5, 0.6) is 0 Å². The van der Waals surface area contributed by atoms with E-state index in [4.69, 9.17) is 0 Å². The topological polar surface area (TPSA) is 0 Å². The monoisotopic (exact) mass is 210 g/mol. The van der Waals surface area contributed by atoms with Gasteiger partial charge in [0.05, 0.1) is 0 Å². The van der Waals surface area contributed by atoms with Gasteiger partial charge in [-0.15, -0.1) is 0 Å². The molecule has 1 aliphatic carbocycles. The highest BCUT2D eigenvalue weighted by Crippen LogP contribution is 2.46. The minimum atomic E-state index is 0.994. The van der Waals surface area contributed by atoms with Crippen molar-refractivity contribution in [2.24, 2.45) is 23.7 Å². The normalized spacial score (nSPS) is 36.0. The highest BCUT2D eigenvalue weighted by Gasteiger charge is 2.37. The Bertz CT molecular complexity index is 143. The van der Waals surface area contributed by atoms with E-state index in [0.29, 0.717) is 0 Å². The third-order valence-electron chi connectivity index (χ3n) is 4.54. The molecule has 1 saturated carbocycles. The molecule has 0 heteroatoms. The van der Waals surface area contributed by atoms with Crippen molar-refractivity contribution in [1.29, 1.82) is 0 Å². The molecule has 0 amide bonds. The molecule has 4 atom stereocenters. The average molecular weight is 210 g/mol. The summed E-state index contributed by atoms with van der Waals surface area (Å²) >= 11 is 0. The fourth-order valence-electron chi connectivity index (χ4n) is 3.66. The summed E-state index contributed by atoms with van der Waals surface area (Å²) in [4.78, 5) is 0. The van der Waals surface area contributed by atoms with E-state index in [1.807, 2.05) is 0 Å². The Hall–Kier alpha value is 0. The van der Waals surface area contributed by atoms with Gasteiger partial charge in [-0.05, 0) is 42.9 Å². The van der Waals surface area contributed by atoms with Gasteiger partial charge in [0.2, 0.25) is 0 Å². The molecular weight excluding hydrogens is 180 g/mol. The zero-order valence-electron chi connectivity index (χ0n) is 11.3. The molecule has 0 aromatic heterocycles. The molecule has 0 spiro atoms. The molecule has 1 aliphatic rings. The minimum absolute atomic E-state index is 0.994. The summed E-state index contributed by atoms with van der Waals surface area (Å²) in [5.74, 6) is 4.08. The molecule has 0 nitrogen and oxygen atoms in total. The molecule has 0 aromatic carbocycles. The maximum atomic E-state index is 2.49. The highest BCUT2D eigenvalue weighted by molar-refractivity contribution is 4.86. The molecule has 0 bridgehead atoms. The van der Waals surface area contributed by atoms with Gasteiger partial charge in [-0.3, -0.25) is 0 Å². The first-order valence-electron chi connectivity index (χ1n) is 7.20. The Morgan fingerprint density at radius 2 is 1.20 bits per heavy atom. The van der Waals surface area contributed by atoms with E-state index in [0.717, 1.165) is 23.7 Å². The Balaban J connectivity index is 2.46. The third kappa shape index (κ3) is 3.50. The van der Waals surface area contributed by atoms with Crippen molar-refractivity contribution in [3.05, 3.63) is 0 Å². The Kier molecular flexibility index (Phi) is 5.71. The van der Waals surface area contributed by atoms with Crippen LogP contribution in [-0.2, 0) is 0 Å². The smallest absolute Gasteiger partial charge is 0.0357 e. The van der Waals surface area contributed by atoms with Gasteiger partial charge in [0.1, 0.15) is 0 Å². The maximum Gasteiger partial charge on any atom is -0.0357 e. The second kappa shape index (κ2) is 6.55. The summed E-state index contributed by atoms with van der Waals surface area (Å²) in [5, 5.41) is 0. The van der Waals surface area contributed by atoms with Crippen molar-refractivity contribution < 1.29 is 0 Å². The molecule has 0 heterocycles.